The maximum Gasteiger partial charge on any atom is 0.326 e. The highest BCUT2D eigenvalue weighted by Crippen LogP contribution is 2.00. The summed E-state index contributed by atoms with van der Waals surface area (Å²) in [5.41, 5.74) is 0. The zero-order chi connectivity index (χ0) is 10.4. The van der Waals surface area contributed by atoms with E-state index in [1.54, 1.807) is 20.8 Å². The second-order valence-electron chi connectivity index (χ2n) is 3.06. The van der Waals surface area contributed by atoms with Gasteiger partial charge in [0.2, 0.25) is 0 Å². The van der Waals surface area contributed by atoms with Crippen LogP contribution in [0.2, 0.25) is 0 Å². The molecule has 0 saturated heterocycles. The molecule has 0 heterocycles. The molecule has 13 heavy (non-hydrogen) atoms. The highest BCUT2D eigenvalue weighted by molar-refractivity contribution is 5.82. The fourth-order valence-electron chi connectivity index (χ4n) is 0.866. The molecule has 5 nitrogen and oxygen atoms in total. The van der Waals surface area contributed by atoms with Crippen LogP contribution in [0.3, 0.4) is 0 Å². The number of urea groups is 1. The standard InChI is InChI=1S/C8H16N2O3/c1-4-9-8(13)10-6(5(2)3)7(11)12/h5-6H,4H2,1-3H3,(H,11,12)(H2,9,10,13)/t6-/m0/s1. The van der Waals surface area contributed by atoms with Crippen LogP contribution < -0.4 is 10.6 Å². The molecular formula is C8H16N2O3. The zero-order valence-electron chi connectivity index (χ0n) is 8.13. The van der Waals surface area contributed by atoms with E-state index in [1.807, 2.05) is 0 Å². The molecule has 3 N–H and O–H groups in total. The predicted molar refractivity (Wildman–Crippen MR) is 48.5 cm³/mol. The summed E-state index contributed by atoms with van der Waals surface area (Å²) in [5, 5.41) is 13.6. The first-order chi connectivity index (χ1) is 5.99. The quantitative estimate of drug-likeness (QED) is 0.598. The lowest BCUT2D eigenvalue weighted by Gasteiger charge is -2.17. The summed E-state index contributed by atoms with van der Waals surface area (Å²) in [6.07, 6.45) is 0. The number of carboxylic acid groups (broad SMARTS) is 1. The Labute approximate surface area is 77.5 Å². The number of carboxylic acids is 1. The lowest BCUT2D eigenvalue weighted by molar-refractivity contribution is -0.140. The van der Waals surface area contributed by atoms with Gasteiger partial charge in [-0.15, -0.1) is 0 Å². The van der Waals surface area contributed by atoms with Gasteiger partial charge in [-0.25, -0.2) is 9.59 Å². The highest BCUT2D eigenvalue weighted by atomic mass is 16.4. The number of hydrogen-bond donors (Lipinski definition) is 3. The van der Waals surface area contributed by atoms with Crippen LogP contribution in [0.4, 0.5) is 4.79 Å². The summed E-state index contributed by atoms with van der Waals surface area (Å²) in [5.74, 6) is -1.14. The van der Waals surface area contributed by atoms with Crippen molar-refractivity contribution in [1.29, 1.82) is 0 Å². The van der Waals surface area contributed by atoms with Crippen LogP contribution in [0.1, 0.15) is 20.8 Å². The lowest BCUT2D eigenvalue weighted by atomic mass is 10.1. The maximum atomic E-state index is 11.0. The van der Waals surface area contributed by atoms with Crippen LogP contribution in [-0.2, 0) is 4.79 Å². The van der Waals surface area contributed by atoms with Crippen molar-refractivity contribution in [2.75, 3.05) is 6.54 Å². The van der Waals surface area contributed by atoms with E-state index < -0.39 is 18.0 Å². The lowest BCUT2D eigenvalue weighted by Crippen LogP contribution is -2.48. The first-order valence-corrected chi connectivity index (χ1v) is 4.26. The van der Waals surface area contributed by atoms with Crippen LogP contribution in [0.15, 0.2) is 0 Å². The Morgan fingerprint density at radius 1 is 1.38 bits per heavy atom. The third-order valence-corrected chi connectivity index (χ3v) is 1.56. The molecule has 2 amide bonds. The molecule has 0 bridgehead atoms. The third-order valence-electron chi connectivity index (χ3n) is 1.56. The van der Waals surface area contributed by atoms with Gasteiger partial charge >= 0.3 is 12.0 Å². The second-order valence-corrected chi connectivity index (χ2v) is 3.06. The van der Waals surface area contributed by atoms with Gasteiger partial charge in [-0.3, -0.25) is 0 Å². The summed E-state index contributed by atoms with van der Waals surface area (Å²) < 4.78 is 0. The maximum absolute atomic E-state index is 11.0. The van der Waals surface area contributed by atoms with Crippen molar-refractivity contribution in [1.82, 2.24) is 10.6 Å². The number of rotatable bonds is 4. The first kappa shape index (κ1) is 11.7. The van der Waals surface area contributed by atoms with E-state index in [1.165, 1.54) is 0 Å². The number of carbonyl (C=O) groups excluding carboxylic acids is 1. The Bertz CT molecular complexity index is 192. The Kier molecular flexibility index (Phi) is 4.87. The average Bonchev–Trinajstić information content (AvgIpc) is 1.99. The molecule has 0 spiro atoms. The van der Waals surface area contributed by atoms with Gasteiger partial charge < -0.3 is 15.7 Å². The largest absolute Gasteiger partial charge is 0.480 e. The summed E-state index contributed by atoms with van der Waals surface area (Å²) in [6, 6.07) is -1.27. The van der Waals surface area contributed by atoms with Gasteiger partial charge in [0.1, 0.15) is 6.04 Å². The van der Waals surface area contributed by atoms with E-state index in [4.69, 9.17) is 5.11 Å². The average molecular weight is 188 g/mol. The van der Waals surface area contributed by atoms with Gasteiger partial charge in [0, 0.05) is 6.54 Å². The van der Waals surface area contributed by atoms with Crippen molar-refractivity contribution in [2.24, 2.45) is 5.92 Å². The molecule has 76 valence electrons. The van der Waals surface area contributed by atoms with Crippen molar-refractivity contribution in [3.8, 4) is 0 Å². The van der Waals surface area contributed by atoms with Gasteiger partial charge in [0.05, 0.1) is 0 Å². The van der Waals surface area contributed by atoms with E-state index >= 15 is 0 Å². The van der Waals surface area contributed by atoms with E-state index in [-0.39, 0.29) is 5.92 Å². The molecule has 0 radical (unpaired) electrons. The second kappa shape index (κ2) is 5.40. The van der Waals surface area contributed by atoms with Crippen LogP contribution in [0, 0.1) is 5.92 Å². The summed E-state index contributed by atoms with van der Waals surface area (Å²) in [6.45, 7) is 5.73. The minimum atomic E-state index is -1.01. The zero-order valence-corrected chi connectivity index (χ0v) is 8.13. The van der Waals surface area contributed by atoms with Crippen molar-refractivity contribution < 1.29 is 14.7 Å². The van der Waals surface area contributed by atoms with Crippen molar-refractivity contribution >= 4 is 12.0 Å². The van der Waals surface area contributed by atoms with Crippen molar-refractivity contribution in [3.63, 3.8) is 0 Å². The normalized spacial score (nSPS) is 12.3. The fraction of sp³-hybridized carbons (Fsp3) is 0.750. The van der Waals surface area contributed by atoms with Gasteiger partial charge in [-0.05, 0) is 12.8 Å². The monoisotopic (exact) mass is 188 g/mol. The number of amides is 2. The first-order valence-electron chi connectivity index (χ1n) is 4.26. The van der Waals surface area contributed by atoms with E-state index in [0.29, 0.717) is 6.54 Å². The SMILES string of the molecule is CCNC(=O)N[C@H](C(=O)O)C(C)C. The van der Waals surface area contributed by atoms with E-state index in [9.17, 15) is 9.59 Å². The molecule has 0 unspecified atom stereocenters. The molecule has 0 aliphatic heterocycles. The molecule has 5 heteroatoms. The van der Waals surface area contributed by atoms with E-state index in [0.717, 1.165) is 0 Å². The number of carbonyl (C=O) groups is 2. The number of nitrogens with one attached hydrogen (secondary N) is 2. The third kappa shape index (κ3) is 4.35. The Hall–Kier alpha value is -1.26. The van der Waals surface area contributed by atoms with Crippen molar-refractivity contribution in [3.05, 3.63) is 0 Å². The van der Waals surface area contributed by atoms with Crippen LogP contribution in [0.25, 0.3) is 0 Å². The molecule has 0 aliphatic rings. The van der Waals surface area contributed by atoms with Gasteiger partial charge in [-0.1, -0.05) is 13.8 Å². The molecule has 0 aromatic rings. The van der Waals surface area contributed by atoms with Crippen LogP contribution in [0.5, 0.6) is 0 Å². The summed E-state index contributed by atoms with van der Waals surface area (Å²) in [7, 11) is 0. The predicted octanol–water partition coefficient (Wildman–Crippen LogP) is 0.415. The topological polar surface area (TPSA) is 78.4 Å². The summed E-state index contributed by atoms with van der Waals surface area (Å²) >= 11 is 0. The minimum absolute atomic E-state index is 0.125. The van der Waals surface area contributed by atoms with Gasteiger partial charge in [-0.2, -0.15) is 0 Å². The summed E-state index contributed by atoms with van der Waals surface area (Å²) in [4.78, 5) is 21.6. The van der Waals surface area contributed by atoms with Crippen LogP contribution >= 0.6 is 0 Å². The Morgan fingerprint density at radius 3 is 2.23 bits per heavy atom. The molecular weight excluding hydrogens is 172 g/mol. The number of aliphatic carboxylic acids is 1. The molecule has 0 saturated carbocycles. The molecule has 0 aromatic heterocycles. The smallest absolute Gasteiger partial charge is 0.326 e. The molecule has 1 atom stereocenters. The molecule has 0 aliphatic carbocycles. The number of hydrogen-bond acceptors (Lipinski definition) is 2. The molecule has 0 fully saturated rings. The Morgan fingerprint density at radius 2 is 1.92 bits per heavy atom. The highest BCUT2D eigenvalue weighted by Gasteiger charge is 2.22. The molecule has 0 aromatic carbocycles. The molecule has 0 rings (SSSR count). The van der Waals surface area contributed by atoms with Crippen molar-refractivity contribution in [2.45, 2.75) is 26.8 Å². The van der Waals surface area contributed by atoms with Gasteiger partial charge in [0.25, 0.3) is 0 Å². The van der Waals surface area contributed by atoms with E-state index in [2.05, 4.69) is 10.6 Å². The Balaban J connectivity index is 4.10. The minimum Gasteiger partial charge on any atom is -0.480 e. The van der Waals surface area contributed by atoms with Gasteiger partial charge in [0.15, 0.2) is 0 Å². The van der Waals surface area contributed by atoms with Crippen LogP contribution in [-0.4, -0.2) is 29.7 Å². The fourth-order valence-corrected chi connectivity index (χ4v) is 0.866.